The third kappa shape index (κ3) is 2.09. The van der Waals surface area contributed by atoms with Gasteiger partial charge in [-0.25, -0.2) is 0 Å². The monoisotopic (exact) mass is 277 g/mol. The van der Waals surface area contributed by atoms with Gasteiger partial charge in [0.25, 0.3) is 0 Å². The molecule has 6 heteroatoms. The predicted molar refractivity (Wildman–Crippen MR) is 70.9 cm³/mol. The van der Waals surface area contributed by atoms with Gasteiger partial charge in [0.2, 0.25) is 0 Å². The van der Waals surface area contributed by atoms with E-state index >= 15 is 0 Å². The predicted octanol–water partition coefficient (Wildman–Crippen LogP) is 3.83. The highest BCUT2D eigenvalue weighted by molar-refractivity contribution is 5.92. The highest BCUT2D eigenvalue weighted by Gasteiger charge is 2.30. The standard InChI is InChI=1S/C14H10F3N3/c15-14(16,17)10-3-1-2-8(6-10)9-4-5-12-11(7-9)13(18)20-19-12/h1-7H,(H3,18,19,20). The van der Waals surface area contributed by atoms with E-state index in [-0.39, 0.29) is 0 Å². The first-order chi connectivity index (χ1) is 9.45. The van der Waals surface area contributed by atoms with Gasteiger partial charge in [-0.15, -0.1) is 0 Å². The number of fused-ring (bicyclic) bond motifs is 1. The van der Waals surface area contributed by atoms with Gasteiger partial charge in [-0.3, -0.25) is 5.10 Å². The van der Waals surface area contributed by atoms with Gasteiger partial charge in [-0.05, 0) is 35.4 Å². The number of hydrogen-bond donors (Lipinski definition) is 2. The number of halogens is 3. The maximum Gasteiger partial charge on any atom is 0.416 e. The minimum atomic E-state index is -4.35. The summed E-state index contributed by atoms with van der Waals surface area (Å²) in [5, 5.41) is 7.30. The van der Waals surface area contributed by atoms with Crippen LogP contribution in [0.5, 0.6) is 0 Å². The largest absolute Gasteiger partial charge is 0.416 e. The Bertz CT molecular complexity index is 775. The maximum absolute atomic E-state index is 12.7. The Hall–Kier alpha value is -2.50. The zero-order valence-corrected chi connectivity index (χ0v) is 10.2. The molecule has 1 aromatic heterocycles. The second kappa shape index (κ2) is 4.26. The smallest absolute Gasteiger partial charge is 0.382 e. The summed E-state index contributed by atoms with van der Waals surface area (Å²) < 4.78 is 38.1. The normalized spacial score (nSPS) is 11.9. The Balaban J connectivity index is 2.13. The van der Waals surface area contributed by atoms with E-state index in [4.69, 9.17) is 5.73 Å². The molecule has 0 atom stereocenters. The van der Waals surface area contributed by atoms with E-state index in [1.165, 1.54) is 6.07 Å². The van der Waals surface area contributed by atoms with Gasteiger partial charge in [0, 0.05) is 5.39 Å². The van der Waals surface area contributed by atoms with Crippen molar-refractivity contribution in [2.75, 3.05) is 5.73 Å². The lowest BCUT2D eigenvalue weighted by Gasteiger charge is -2.09. The number of nitrogens with two attached hydrogens (primary N) is 1. The van der Waals surface area contributed by atoms with Crippen LogP contribution in [-0.2, 0) is 6.18 Å². The molecule has 0 aliphatic carbocycles. The zero-order valence-electron chi connectivity index (χ0n) is 10.2. The molecule has 0 unspecified atom stereocenters. The van der Waals surface area contributed by atoms with Crippen molar-refractivity contribution < 1.29 is 13.2 Å². The fourth-order valence-electron chi connectivity index (χ4n) is 2.09. The number of alkyl halides is 3. The van der Waals surface area contributed by atoms with Crippen LogP contribution in [0.25, 0.3) is 22.0 Å². The van der Waals surface area contributed by atoms with Gasteiger partial charge >= 0.3 is 6.18 Å². The SMILES string of the molecule is Nc1n[nH]c2ccc(-c3cccc(C(F)(F)F)c3)cc12. The molecule has 0 saturated carbocycles. The minimum absolute atomic E-state index is 0.328. The third-order valence-electron chi connectivity index (χ3n) is 3.12. The Kier molecular flexibility index (Phi) is 2.67. The highest BCUT2D eigenvalue weighted by Crippen LogP contribution is 2.33. The van der Waals surface area contributed by atoms with Crippen molar-refractivity contribution in [3.05, 3.63) is 48.0 Å². The van der Waals surface area contributed by atoms with E-state index in [0.29, 0.717) is 22.3 Å². The molecule has 0 aliphatic rings. The molecular formula is C14H10F3N3. The van der Waals surface area contributed by atoms with E-state index < -0.39 is 11.7 Å². The van der Waals surface area contributed by atoms with Crippen LogP contribution in [0.2, 0.25) is 0 Å². The summed E-state index contributed by atoms with van der Waals surface area (Å²) in [6, 6.07) is 10.4. The van der Waals surface area contributed by atoms with Crippen LogP contribution in [0.3, 0.4) is 0 Å². The summed E-state index contributed by atoms with van der Waals surface area (Å²) in [5.74, 6) is 0.328. The summed E-state index contributed by atoms with van der Waals surface area (Å²) in [7, 11) is 0. The zero-order chi connectivity index (χ0) is 14.3. The molecule has 0 aliphatic heterocycles. The van der Waals surface area contributed by atoms with Crippen molar-refractivity contribution >= 4 is 16.7 Å². The lowest BCUT2D eigenvalue weighted by Crippen LogP contribution is -2.04. The molecule has 0 radical (unpaired) electrons. The molecule has 3 nitrogen and oxygen atoms in total. The second-order valence-electron chi connectivity index (χ2n) is 4.45. The van der Waals surface area contributed by atoms with Crippen molar-refractivity contribution in [2.45, 2.75) is 6.18 Å². The molecular weight excluding hydrogens is 267 g/mol. The topological polar surface area (TPSA) is 54.7 Å². The summed E-state index contributed by atoms with van der Waals surface area (Å²) in [6.07, 6.45) is -4.35. The highest BCUT2D eigenvalue weighted by atomic mass is 19.4. The Morgan fingerprint density at radius 1 is 1.00 bits per heavy atom. The molecule has 1 heterocycles. The molecule has 3 N–H and O–H groups in total. The van der Waals surface area contributed by atoms with E-state index in [1.54, 1.807) is 24.3 Å². The van der Waals surface area contributed by atoms with Gasteiger partial charge in [-0.1, -0.05) is 18.2 Å². The number of nitrogen functional groups attached to an aromatic ring is 1. The molecule has 0 fully saturated rings. The van der Waals surface area contributed by atoms with Crippen LogP contribution in [0.1, 0.15) is 5.56 Å². The van der Waals surface area contributed by atoms with Crippen molar-refractivity contribution in [2.24, 2.45) is 0 Å². The lowest BCUT2D eigenvalue weighted by molar-refractivity contribution is -0.137. The van der Waals surface area contributed by atoms with Crippen LogP contribution in [0.15, 0.2) is 42.5 Å². The summed E-state index contributed by atoms with van der Waals surface area (Å²) in [5.41, 5.74) is 6.93. The second-order valence-corrected chi connectivity index (χ2v) is 4.45. The molecule has 3 aromatic rings. The van der Waals surface area contributed by atoms with Crippen LogP contribution in [-0.4, -0.2) is 10.2 Å². The Morgan fingerprint density at radius 3 is 2.50 bits per heavy atom. The third-order valence-corrected chi connectivity index (χ3v) is 3.12. The molecule has 102 valence electrons. The fourth-order valence-corrected chi connectivity index (χ4v) is 2.09. The van der Waals surface area contributed by atoms with E-state index in [0.717, 1.165) is 17.6 Å². The van der Waals surface area contributed by atoms with Crippen molar-refractivity contribution in [1.29, 1.82) is 0 Å². The number of nitrogens with zero attached hydrogens (tertiary/aromatic N) is 1. The first-order valence-corrected chi connectivity index (χ1v) is 5.86. The number of benzene rings is 2. The van der Waals surface area contributed by atoms with Crippen molar-refractivity contribution in [3.8, 4) is 11.1 Å². The first kappa shape index (κ1) is 12.5. The lowest BCUT2D eigenvalue weighted by atomic mass is 10.0. The number of rotatable bonds is 1. The van der Waals surface area contributed by atoms with Gasteiger partial charge in [-0.2, -0.15) is 18.3 Å². The van der Waals surface area contributed by atoms with Gasteiger partial charge < -0.3 is 5.73 Å². The molecule has 0 bridgehead atoms. The van der Waals surface area contributed by atoms with Crippen LogP contribution < -0.4 is 5.73 Å². The summed E-state index contributed by atoms with van der Waals surface area (Å²) in [4.78, 5) is 0. The average Bonchev–Trinajstić information content (AvgIpc) is 2.79. The van der Waals surface area contributed by atoms with Crippen molar-refractivity contribution in [1.82, 2.24) is 10.2 Å². The molecule has 20 heavy (non-hydrogen) atoms. The Morgan fingerprint density at radius 2 is 1.75 bits per heavy atom. The molecule has 0 spiro atoms. The molecule has 0 saturated heterocycles. The number of anilines is 1. The Labute approximate surface area is 112 Å². The quantitative estimate of drug-likeness (QED) is 0.710. The van der Waals surface area contributed by atoms with Gasteiger partial charge in [0.15, 0.2) is 5.82 Å². The van der Waals surface area contributed by atoms with Crippen molar-refractivity contribution in [3.63, 3.8) is 0 Å². The van der Waals surface area contributed by atoms with Crippen LogP contribution in [0, 0.1) is 0 Å². The number of aromatic nitrogens is 2. The number of nitrogens with one attached hydrogen (secondary N) is 1. The minimum Gasteiger partial charge on any atom is -0.382 e. The van der Waals surface area contributed by atoms with Crippen LogP contribution >= 0.6 is 0 Å². The number of aromatic amines is 1. The summed E-state index contributed by atoms with van der Waals surface area (Å²) >= 11 is 0. The number of H-pyrrole nitrogens is 1. The van der Waals surface area contributed by atoms with E-state index in [2.05, 4.69) is 10.2 Å². The summed E-state index contributed by atoms with van der Waals surface area (Å²) in [6.45, 7) is 0. The molecule has 2 aromatic carbocycles. The number of hydrogen-bond acceptors (Lipinski definition) is 2. The van der Waals surface area contributed by atoms with E-state index in [1.807, 2.05) is 0 Å². The molecule has 0 amide bonds. The molecule has 3 rings (SSSR count). The van der Waals surface area contributed by atoms with Gasteiger partial charge in [0.1, 0.15) is 0 Å². The van der Waals surface area contributed by atoms with E-state index in [9.17, 15) is 13.2 Å². The fraction of sp³-hybridized carbons (Fsp3) is 0.0714. The van der Waals surface area contributed by atoms with Crippen LogP contribution in [0.4, 0.5) is 19.0 Å². The first-order valence-electron chi connectivity index (χ1n) is 5.86. The maximum atomic E-state index is 12.7. The van der Waals surface area contributed by atoms with Gasteiger partial charge in [0.05, 0.1) is 11.1 Å². The average molecular weight is 277 g/mol.